The van der Waals surface area contributed by atoms with Gasteiger partial charge >= 0.3 is 0 Å². The van der Waals surface area contributed by atoms with Crippen LogP contribution in [0.3, 0.4) is 0 Å². The number of aromatic hydroxyl groups is 1. The summed E-state index contributed by atoms with van der Waals surface area (Å²) in [6.07, 6.45) is 6.16. The number of fused-ring (bicyclic) bond motifs is 2. The number of nitrogens with zero attached hydrogens (tertiary/aromatic N) is 1. The Morgan fingerprint density at radius 2 is 2.00 bits per heavy atom. The highest BCUT2D eigenvalue weighted by molar-refractivity contribution is 7.89. The molecule has 1 aromatic heterocycles. The van der Waals surface area contributed by atoms with E-state index in [4.69, 9.17) is 5.21 Å². The highest BCUT2D eigenvalue weighted by atomic mass is 32.2. The number of benzene rings is 3. The molecule has 196 valence electrons. The van der Waals surface area contributed by atoms with Gasteiger partial charge in [0.15, 0.2) is 0 Å². The Morgan fingerprint density at radius 1 is 1.16 bits per heavy atom. The molecule has 0 spiro atoms. The van der Waals surface area contributed by atoms with E-state index in [-0.39, 0.29) is 23.0 Å². The summed E-state index contributed by atoms with van der Waals surface area (Å²) in [6, 6.07) is 15.2. The maximum atomic E-state index is 13.9. The fourth-order valence-corrected chi connectivity index (χ4v) is 6.72. The second-order valence-corrected chi connectivity index (χ2v) is 11.1. The van der Waals surface area contributed by atoms with Crippen LogP contribution in [0.25, 0.3) is 17.0 Å². The second-order valence-electron chi connectivity index (χ2n) is 9.19. The van der Waals surface area contributed by atoms with Crippen molar-refractivity contribution in [3.8, 4) is 5.75 Å². The topological polar surface area (TPSA) is 123 Å². The third-order valence-corrected chi connectivity index (χ3v) is 8.76. The number of halogens is 1. The normalized spacial score (nSPS) is 15.4. The van der Waals surface area contributed by atoms with E-state index in [9.17, 15) is 22.7 Å². The number of amides is 1. The van der Waals surface area contributed by atoms with Gasteiger partial charge in [-0.3, -0.25) is 10.0 Å². The van der Waals surface area contributed by atoms with Gasteiger partial charge in [-0.05, 0) is 84.0 Å². The molecule has 1 aliphatic carbocycles. The van der Waals surface area contributed by atoms with E-state index >= 15 is 0 Å². The Labute approximate surface area is 219 Å². The van der Waals surface area contributed by atoms with Gasteiger partial charge in [0, 0.05) is 29.7 Å². The molecular formula is C28H26FN3O5S. The van der Waals surface area contributed by atoms with Gasteiger partial charge in [-0.15, -0.1) is 0 Å². The third-order valence-electron chi connectivity index (χ3n) is 6.85. The third kappa shape index (κ3) is 5.06. The van der Waals surface area contributed by atoms with Crippen LogP contribution in [0.5, 0.6) is 5.75 Å². The van der Waals surface area contributed by atoms with Crippen molar-refractivity contribution < 1.29 is 27.9 Å². The number of sulfonamides is 1. The molecule has 0 aliphatic heterocycles. The summed E-state index contributed by atoms with van der Waals surface area (Å²) >= 11 is 0. The first-order chi connectivity index (χ1) is 18.3. The predicted molar refractivity (Wildman–Crippen MR) is 140 cm³/mol. The van der Waals surface area contributed by atoms with Gasteiger partial charge in [-0.2, -0.15) is 4.31 Å². The van der Waals surface area contributed by atoms with Crippen LogP contribution in [0, 0.1) is 5.82 Å². The van der Waals surface area contributed by atoms with Crippen LogP contribution >= 0.6 is 0 Å². The minimum atomic E-state index is -3.99. The SMILES string of the molecule is O=C(/C=C/c1ccc2c(c1)CCC2N(CCc1c[nH]c2cc(F)ccc12)S(=O)(=O)c1cccc(O)c1)NO. The van der Waals surface area contributed by atoms with E-state index < -0.39 is 22.0 Å². The molecule has 0 saturated heterocycles. The molecule has 5 rings (SSSR count). The van der Waals surface area contributed by atoms with E-state index in [0.717, 1.165) is 27.6 Å². The maximum Gasteiger partial charge on any atom is 0.267 e. The molecule has 1 aliphatic rings. The van der Waals surface area contributed by atoms with Crippen molar-refractivity contribution in [1.29, 1.82) is 0 Å². The highest BCUT2D eigenvalue weighted by Crippen LogP contribution is 2.40. The van der Waals surface area contributed by atoms with Crippen molar-refractivity contribution in [1.82, 2.24) is 14.8 Å². The van der Waals surface area contributed by atoms with Crippen LogP contribution in [-0.4, -0.2) is 40.5 Å². The Bertz CT molecular complexity index is 1650. The number of hydroxylamine groups is 1. The molecule has 1 heterocycles. The van der Waals surface area contributed by atoms with E-state index in [2.05, 4.69) is 4.98 Å². The number of aromatic amines is 1. The molecular weight excluding hydrogens is 509 g/mol. The number of carbonyl (C=O) groups excluding carboxylic acids is 1. The summed E-state index contributed by atoms with van der Waals surface area (Å²) in [5.41, 5.74) is 5.66. The Morgan fingerprint density at radius 3 is 2.79 bits per heavy atom. The van der Waals surface area contributed by atoms with E-state index in [1.807, 2.05) is 12.1 Å². The Kier molecular flexibility index (Phi) is 7.02. The monoisotopic (exact) mass is 535 g/mol. The zero-order chi connectivity index (χ0) is 26.9. The molecule has 1 unspecified atom stereocenters. The molecule has 0 bridgehead atoms. The Hall–Kier alpha value is -3.99. The summed E-state index contributed by atoms with van der Waals surface area (Å²) in [5, 5.41) is 19.5. The first-order valence-corrected chi connectivity index (χ1v) is 13.5. The highest BCUT2D eigenvalue weighted by Gasteiger charge is 2.36. The molecule has 4 N–H and O–H groups in total. The molecule has 8 nitrogen and oxygen atoms in total. The fourth-order valence-electron chi connectivity index (χ4n) is 5.05. The van der Waals surface area contributed by atoms with Gasteiger partial charge in [0.1, 0.15) is 11.6 Å². The average molecular weight is 536 g/mol. The largest absolute Gasteiger partial charge is 0.508 e. The molecule has 1 atom stereocenters. The maximum absolute atomic E-state index is 13.9. The van der Waals surface area contributed by atoms with Crippen molar-refractivity contribution in [3.63, 3.8) is 0 Å². The second kappa shape index (κ2) is 10.4. The van der Waals surface area contributed by atoms with Crippen molar-refractivity contribution >= 4 is 32.9 Å². The van der Waals surface area contributed by atoms with Gasteiger partial charge in [0.2, 0.25) is 10.0 Å². The first-order valence-electron chi connectivity index (χ1n) is 12.1. The predicted octanol–water partition coefficient (Wildman–Crippen LogP) is 4.45. The average Bonchev–Trinajstić information content (AvgIpc) is 3.50. The molecule has 0 radical (unpaired) electrons. The Balaban J connectivity index is 1.49. The van der Waals surface area contributed by atoms with Crippen molar-refractivity contribution in [3.05, 3.63) is 101 Å². The van der Waals surface area contributed by atoms with E-state index in [0.29, 0.717) is 24.8 Å². The molecule has 3 aromatic carbocycles. The number of H-pyrrole nitrogens is 1. The first kappa shape index (κ1) is 25.7. The summed E-state index contributed by atoms with van der Waals surface area (Å²) in [7, 11) is -3.99. The van der Waals surface area contributed by atoms with Crippen LogP contribution in [0.1, 0.15) is 34.7 Å². The lowest BCUT2D eigenvalue weighted by atomic mass is 10.0. The zero-order valence-electron chi connectivity index (χ0n) is 20.3. The van der Waals surface area contributed by atoms with Crippen LogP contribution in [0.15, 0.2) is 77.8 Å². The molecule has 38 heavy (non-hydrogen) atoms. The van der Waals surface area contributed by atoms with Crippen LogP contribution < -0.4 is 5.48 Å². The number of aryl methyl sites for hydroxylation is 1. The number of aromatic nitrogens is 1. The van der Waals surface area contributed by atoms with E-state index in [1.165, 1.54) is 46.8 Å². The number of phenolic OH excluding ortho intramolecular Hbond substituents is 1. The number of hydrogen-bond donors (Lipinski definition) is 4. The summed E-state index contributed by atoms with van der Waals surface area (Å²) < 4.78 is 42.9. The lowest BCUT2D eigenvalue weighted by molar-refractivity contribution is -0.124. The number of phenols is 1. The fraction of sp³-hybridized carbons (Fsp3) is 0.179. The van der Waals surface area contributed by atoms with Gasteiger partial charge in [-0.1, -0.05) is 24.3 Å². The van der Waals surface area contributed by atoms with E-state index in [1.54, 1.807) is 29.9 Å². The molecule has 0 fully saturated rings. The molecule has 1 amide bonds. The van der Waals surface area contributed by atoms with Crippen molar-refractivity contribution in [2.24, 2.45) is 0 Å². The minimum absolute atomic E-state index is 0.00140. The summed E-state index contributed by atoms with van der Waals surface area (Å²) in [5.74, 6) is -1.14. The van der Waals surface area contributed by atoms with Gasteiger partial charge in [0.05, 0.1) is 10.9 Å². The van der Waals surface area contributed by atoms with Crippen molar-refractivity contribution in [2.75, 3.05) is 6.54 Å². The lowest BCUT2D eigenvalue weighted by Gasteiger charge is -2.29. The number of rotatable bonds is 8. The summed E-state index contributed by atoms with van der Waals surface area (Å²) in [4.78, 5) is 14.4. The summed E-state index contributed by atoms with van der Waals surface area (Å²) in [6.45, 7) is 0.171. The number of carbonyl (C=O) groups is 1. The van der Waals surface area contributed by atoms with Crippen LogP contribution in [-0.2, 0) is 27.7 Å². The van der Waals surface area contributed by atoms with Crippen LogP contribution in [0.4, 0.5) is 4.39 Å². The molecule has 0 saturated carbocycles. The smallest absolute Gasteiger partial charge is 0.267 e. The van der Waals surface area contributed by atoms with Crippen LogP contribution in [0.2, 0.25) is 0 Å². The number of hydrogen-bond acceptors (Lipinski definition) is 5. The van der Waals surface area contributed by atoms with Gasteiger partial charge in [-0.25, -0.2) is 18.3 Å². The van der Waals surface area contributed by atoms with Crippen molar-refractivity contribution in [2.45, 2.75) is 30.2 Å². The zero-order valence-corrected chi connectivity index (χ0v) is 21.1. The number of nitrogens with one attached hydrogen (secondary N) is 2. The standard InChI is InChI=1S/C28H26FN3O5S/c29-21-7-9-24-20(17-30-26(24)15-21)12-13-32(38(36,37)23-3-1-2-22(33)16-23)27-10-6-19-14-18(4-8-25(19)27)5-11-28(34)31-35/h1-5,7-9,11,14-17,27,30,33,35H,6,10,12-13H2,(H,31,34)/b11-5+. The molecule has 10 heteroatoms. The minimum Gasteiger partial charge on any atom is -0.508 e. The quantitative estimate of drug-likeness (QED) is 0.151. The van der Waals surface area contributed by atoms with Gasteiger partial charge < -0.3 is 10.1 Å². The lowest BCUT2D eigenvalue weighted by Crippen LogP contribution is -2.35. The van der Waals surface area contributed by atoms with Gasteiger partial charge in [0.25, 0.3) is 5.91 Å². The molecule has 4 aromatic rings.